The molecule has 0 unspecified atom stereocenters. The Labute approximate surface area is 127 Å². The standard InChI is InChI=1S/C15H26N4OSi/c1-11(16)14(20-21(5,6)15(2,3)4)12-7-8-13-17-10-18-19(13)9-12/h7-11,14H,16H2,1-6H3/t11-,14-/m0/s1. The van der Waals surface area contributed by atoms with Crippen LogP contribution in [0.2, 0.25) is 18.1 Å². The summed E-state index contributed by atoms with van der Waals surface area (Å²) in [5.74, 6) is 0. The molecular formula is C15H26N4OSi. The summed E-state index contributed by atoms with van der Waals surface area (Å²) in [6, 6.07) is 3.90. The molecular weight excluding hydrogens is 280 g/mol. The maximum atomic E-state index is 6.53. The number of aromatic nitrogens is 3. The number of fused-ring (bicyclic) bond motifs is 1. The summed E-state index contributed by atoms with van der Waals surface area (Å²) in [5, 5.41) is 4.34. The van der Waals surface area contributed by atoms with E-state index in [1.165, 1.54) is 0 Å². The lowest BCUT2D eigenvalue weighted by Crippen LogP contribution is -2.45. The third kappa shape index (κ3) is 3.33. The maximum Gasteiger partial charge on any atom is 0.192 e. The van der Waals surface area contributed by atoms with Gasteiger partial charge in [-0.15, -0.1) is 0 Å². The second-order valence-corrected chi connectivity index (χ2v) is 11.9. The number of nitrogens with two attached hydrogens (primary N) is 1. The first-order valence-corrected chi connectivity index (χ1v) is 10.3. The third-order valence-corrected chi connectivity index (χ3v) is 8.79. The Hall–Kier alpha value is -1.24. The maximum absolute atomic E-state index is 6.53. The zero-order valence-electron chi connectivity index (χ0n) is 13.8. The van der Waals surface area contributed by atoms with E-state index in [0.717, 1.165) is 11.2 Å². The average Bonchev–Trinajstić information content (AvgIpc) is 2.81. The molecule has 5 nitrogen and oxygen atoms in total. The summed E-state index contributed by atoms with van der Waals surface area (Å²) >= 11 is 0. The summed E-state index contributed by atoms with van der Waals surface area (Å²) in [5.41, 5.74) is 8.07. The van der Waals surface area contributed by atoms with Gasteiger partial charge in [0.1, 0.15) is 6.33 Å². The molecule has 0 fully saturated rings. The van der Waals surface area contributed by atoms with Crippen molar-refractivity contribution in [3.63, 3.8) is 0 Å². The van der Waals surface area contributed by atoms with E-state index in [2.05, 4.69) is 43.9 Å². The zero-order chi connectivity index (χ0) is 15.8. The van der Waals surface area contributed by atoms with Crippen molar-refractivity contribution < 1.29 is 4.43 Å². The van der Waals surface area contributed by atoms with Gasteiger partial charge in [0.2, 0.25) is 0 Å². The predicted molar refractivity (Wildman–Crippen MR) is 87.7 cm³/mol. The van der Waals surface area contributed by atoms with E-state index >= 15 is 0 Å². The fourth-order valence-electron chi connectivity index (χ4n) is 1.97. The summed E-state index contributed by atoms with van der Waals surface area (Å²) in [6.07, 6.45) is 3.39. The fourth-order valence-corrected chi connectivity index (χ4v) is 3.31. The first kappa shape index (κ1) is 16.1. The summed E-state index contributed by atoms with van der Waals surface area (Å²) in [7, 11) is -1.89. The van der Waals surface area contributed by atoms with Crippen LogP contribution in [0.3, 0.4) is 0 Å². The minimum atomic E-state index is -1.89. The molecule has 2 atom stereocenters. The van der Waals surface area contributed by atoms with Gasteiger partial charge in [0.25, 0.3) is 0 Å². The minimum absolute atomic E-state index is 0.0832. The smallest absolute Gasteiger partial charge is 0.192 e. The predicted octanol–water partition coefficient (Wildman–Crippen LogP) is 3.14. The molecule has 2 heterocycles. The van der Waals surface area contributed by atoms with Gasteiger partial charge in [0.15, 0.2) is 14.0 Å². The monoisotopic (exact) mass is 306 g/mol. The summed E-state index contributed by atoms with van der Waals surface area (Å²) < 4.78 is 8.29. The molecule has 2 N–H and O–H groups in total. The lowest BCUT2D eigenvalue weighted by atomic mass is 10.1. The molecule has 0 aromatic carbocycles. The molecule has 0 spiro atoms. The van der Waals surface area contributed by atoms with Crippen LogP contribution in [0, 0.1) is 0 Å². The molecule has 0 aliphatic heterocycles. The van der Waals surface area contributed by atoms with Crippen LogP contribution in [0.4, 0.5) is 0 Å². The van der Waals surface area contributed by atoms with Crippen molar-refractivity contribution in [2.24, 2.45) is 5.73 Å². The molecule has 0 radical (unpaired) electrons. The number of pyridine rings is 1. The molecule has 2 rings (SSSR count). The Morgan fingerprint density at radius 2 is 1.95 bits per heavy atom. The Balaban J connectivity index is 2.35. The number of nitrogens with zero attached hydrogens (tertiary/aromatic N) is 3. The molecule has 0 saturated heterocycles. The summed E-state index contributed by atoms with van der Waals surface area (Å²) in [6.45, 7) is 13.2. The summed E-state index contributed by atoms with van der Waals surface area (Å²) in [4.78, 5) is 4.17. The third-order valence-electron chi connectivity index (χ3n) is 4.33. The topological polar surface area (TPSA) is 65.4 Å². The Kier molecular flexibility index (Phi) is 4.23. The molecule has 0 aliphatic carbocycles. The SMILES string of the molecule is C[C@H](N)[C@H](O[Si](C)(C)C(C)(C)C)c1ccc2ncnn2c1. The first-order valence-electron chi connectivity index (χ1n) is 7.34. The van der Waals surface area contributed by atoms with E-state index in [1.54, 1.807) is 10.8 Å². The normalized spacial score (nSPS) is 16.1. The van der Waals surface area contributed by atoms with Gasteiger partial charge in [-0.1, -0.05) is 26.8 Å². The van der Waals surface area contributed by atoms with Crippen molar-refractivity contribution in [3.05, 3.63) is 30.2 Å². The quantitative estimate of drug-likeness (QED) is 0.881. The number of rotatable bonds is 4. The van der Waals surface area contributed by atoms with E-state index in [9.17, 15) is 0 Å². The van der Waals surface area contributed by atoms with Crippen molar-refractivity contribution in [1.82, 2.24) is 14.6 Å². The number of hydrogen-bond donors (Lipinski definition) is 1. The van der Waals surface area contributed by atoms with Gasteiger partial charge in [-0.3, -0.25) is 0 Å². The lowest BCUT2D eigenvalue weighted by Gasteiger charge is -2.40. The second-order valence-electron chi connectivity index (χ2n) is 7.18. The van der Waals surface area contributed by atoms with Crippen LogP contribution < -0.4 is 5.73 Å². The van der Waals surface area contributed by atoms with Gasteiger partial charge < -0.3 is 10.2 Å². The second kappa shape index (κ2) is 5.51. The highest BCUT2D eigenvalue weighted by molar-refractivity contribution is 6.74. The first-order chi connectivity index (χ1) is 9.62. The highest BCUT2D eigenvalue weighted by Crippen LogP contribution is 2.40. The van der Waals surface area contributed by atoms with E-state index in [4.69, 9.17) is 10.2 Å². The molecule has 2 aromatic rings. The van der Waals surface area contributed by atoms with Gasteiger partial charge in [0, 0.05) is 12.2 Å². The van der Waals surface area contributed by atoms with Crippen LogP contribution in [0.1, 0.15) is 39.4 Å². The van der Waals surface area contributed by atoms with E-state index in [-0.39, 0.29) is 17.2 Å². The highest BCUT2D eigenvalue weighted by Gasteiger charge is 2.40. The molecule has 21 heavy (non-hydrogen) atoms. The van der Waals surface area contributed by atoms with Crippen LogP contribution in [0.25, 0.3) is 5.65 Å². The van der Waals surface area contributed by atoms with Crippen molar-refractivity contribution >= 4 is 14.0 Å². The Morgan fingerprint density at radius 1 is 1.29 bits per heavy atom. The molecule has 2 aromatic heterocycles. The average molecular weight is 306 g/mol. The molecule has 0 saturated carbocycles. The van der Waals surface area contributed by atoms with Crippen LogP contribution in [0.5, 0.6) is 0 Å². The van der Waals surface area contributed by atoms with Crippen molar-refractivity contribution in [3.8, 4) is 0 Å². The van der Waals surface area contributed by atoms with E-state index in [1.807, 2.05) is 25.3 Å². The van der Waals surface area contributed by atoms with Gasteiger partial charge in [-0.05, 0) is 36.7 Å². The zero-order valence-corrected chi connectivity index (χ0v) is 14.8. The molecule has 0 aliphatic rings. The van der Waals surface area contributed by atoms with Gasteiger partial charge in [-0.25, -0.2) is 9.50 Å². The van der Waals surface area contributed by atoms with E-state index in [0.29, 0.717) is 0 Å². The van der Waals surface area contributed by atoms with Crippen LogP contribution in [-0.4, -0.2) is 29.0 Å². The minimum Gasteiger partial charge on any atom is -0.408 e. The molecule has 0 amide bonds. The highest BCUT2D eigenvalue weighted by atomic mass is 28.4. The molecule has 6 heteroatoms. The van der Waals surface area contributed by atoms with E-state index < -0.39 is 8.32 Å². The number of hydrogen-bond acceptors (Lipinski definition) is 4. The van der Waals surface area contributed by atoms with Crippen LogP contribution >= 0.6 is 0 Å². The van der Waals surface area contributed by atoms with Gasteiger partial charge in [-0.2, -0.15) is 5.10 Å². The Bertz CT molecular complexity index is 615. The lowest BCUT2D eigenvalue weighted by molar-refractivity contribution is 0.160. The van der Waals surface area contributed by atoms with Gasteiger partial charge >= 0.3 is 0 Å². The van der Waals surface area contributed by atoms with Crippen molar-refractivity contribution in [2.75, 3.05) is 0 Å². The van der Waals surface area contributed by atoms with Crippen molar-refractivity contribution in [2.45, 2.75) is 58.0 Å². The van der Waals surface area contributed by atoms with Crippen LogP contribution in [-0.2, 0) is 4.43 Å². The largest absolute Gasteiger partial charge is 0.408 e. The van der Waals surface area contributed by atoms with Crippen LogP contribution in [0.15, 0.2) is 24.7 Å². The molecule has 0 bridgehead atoms. The fraction of sp³-hybridized carbons (Fsp3) is 0.600. The van der Waals surface area contributed by atoms with Gasteiger partial charge in [0.05, 0.1) is 6.10 Å². The Morgan fingerprint density at radius 3 is 2.52 bits per heavy atom. The van der Waals surface area contributed by atoms with Crippen molar-refractivity contribution in [1.29, 1.82) is 0 Å². The molecule has 116 valence electrons.